The van der Waals surface area contributed by atoms with Crippen LogP contribution in [-0.2, 0) is 16.3 Å². The summed E-state index contributed by atoms with van der Waals surface area (Å²) in [5.74, 6) is 5.44. The molecule has 0 bridgehead atoms. The van der Waals surface area contributed by atoms with Crippen molar-refractivity contribution in [3.8, 4) is 0 Å². The molecule has 2 rings (SSSR count). The van der Waals surface area contributed by atoms with Crippen molar-refractivity contribution in [1.29, 1.82) is 0 Å². The molecule has 1 aliphatic heterocycles. The van der Waals surface area contributed by atoms with E-state index < -0.39 is 9.84 Å². The summed E-state index contributed by atoms with van der Waals surface area (Å²) in [7, 11) is -2.96. The molecule has 1 aliphatic rings. The lowest BCUT2D eigenvalue weighted by atomic mass is 9.93. The molecule has 0 aromatic heterocycles. The van der Waals surface area contributed by atoms with Crippen LogP contribution in [-0.4, -0.2) is 26.0 Å². The van der Waals surface area contributed by atoms with E-state index >= 15 is 0 Å². The molecule has 0 radical (unpaired) electrons. The Hall–Kier alpha value is -0.500. The minimum absolute atomic E-state index is 0.0574. The van der Waals surface area contributed by atoms with Gasteiger partial charge in [-0.2, -0.15) is 0 Å². The van der Waals surface area contributed by atoms with Crippen molar-refractivity contribution in [3.63, 3.8) is 0 Å². The SMILES string of the molecule is NNC(Cc1ccc(Br)cc1F)C1CCS(=O)(=O)C1. The Bertz CT molecular complexity index is 565. The van der Waals surface area contributed by atoms with E-state index in [1.165, 1.54) is 6.07 Å². The fourth-order valence-electron chi connectivity index (χ4n) is 2.43. The summed E-state index contributed by atoms with van der Waals surface area (Å²) >= 11 is 3.20. The quantitative estimate of drug-likeness (QED) is 0.635. The Morgan fingerprint density at radius 2 is 2.26 bits per heavy atom. The molecule has 1 aromatic rings. The van der Waals surface area contributed by atoms with Crippen molar-refractivity contribution in [1.82, 2.24) is 5.43 Å². The average Bonchev–Trinajstić information content (AvgIpc) is 2.69. The monoisotopic (exact) mass is 350 g/mol. The van der Waals surface area contributed by atoms with E-state index in [0.717, 1.165) is 0 Å². The van der Waals surface area contributed by atoms with E-state index in [2.05, 4.69) is 21.4 Å². The van der Waals surface area contributed by atoms with E-state index in [1.807, 2.05) is 0 Å². The van der Waals surface area contributed by atoms with E-state index in [1.54, 1.807) is 12.1 Å². The third-order valence-electron chi connectivity index (χ3n) is 3.51. The Morgan fingerprint density at radius 3 is 2.79 bits per heavy atom. The number of nitrogens with one attached hydrogen (secondary N) is 1. The Labute approximate surface area is 120 Å². The second-order valence-corrected chi connectivity index (χ2v) is 8.02. The molecule has 19 heavy (non-hydrogen) atoms. The number of sulfone groups is 1. The van der Waals surface area contributed by atoms with Gasteiger partial charge in [0.25, 0.3) is 0 Å². The molecule has 1 fully saturated rings. The van der Waals surface area contributed by atoms with Crippen molar-refractivity contribution in [2.24, 2.45) is 11.8 Å². The molecule has 0 amide bonds. The van der Waals surface area contributed by atoms with E-state index in [-0.39, 0.29) is 29.3 Å². The zero-order valence-corrected chi connectivity index (χ0v) is 12.7. The highest BCUT2D eigenvalue weighted by Gasteiger charge is 2.33. The number of hydrogen-bond donors (Lipinski definition) is 2. The van der Waals surface area contributed by atoms with Crippen LogP contribution in [0.15, 0.2) is 22.7 Å². The maximum absolute atomic E-state index is 13.8. The fraction of sp³-hybridized carbons (Fsp3) is 0.500. The minimum Gasteiger partial charge on any atom is -0.271 e. The van der Waals surface area contributed by atoms with Gasteiger partial charge in [0.2, 0.25) is 0 Å². The highest BCUT2D eigenvalue weighted by Crippen LogP contribution is 2.25. The van der Waals surface area contributed by atoms with Gasteiger partial charge in [-0.25, -0.2) is 12.8 Å². The molecular weight excluding hydrogens is 335 g/mol. The summed E-state index contributed by atoms with van der Waals surface area (Å²) in [4.78, 5) is 0. The van der Waals surface area contributed by atoms with Gasteiger partial charge < -0.3 is 0 Å². The number of hydrogen-bond acceptors (Lipinski definition) is 4. The van der Waals surface area contributed by atoms with Crippen LogP contribution in [0.3, 0.4) is 0 Å². The van der Waals surface area contributed by atoms with Crippen LogP contribution < -0.4 is 11.3 Å². The third kappa shape index (κ3) is 3.75. The van der Waals surface area contributed by atoms with Crippen LogP contribution in [0.2, 0.25) is 0 Å². The van der Waals surface area contributed by atoms with Crippen LogP contribution >= 0.6 is 15.9 Å². The van der Waals surface area contributed by atoms with Crippen molar-refractivity contribution < 1.29 is 12.8 Å². The number of hydrazine groups is 1. The third-order valence-corrected chi connectivity index (χ3v) is 5.79. The van der Waals surface area contributed by atoms with Gasteiger partial charge in [-0.15, -0.1) is 0 Å². The van der Waals surface area contributed by atoms with Gasteiger partial charge >= 0.3 is 0 Å². The predicted molar refractivity (Wildman–Crippen MR) is 75.7 cm³/mol. The molecule has 0 spiro atoms. The van der Waals surface area contributed by atoms with Crippen molar-refractivity contribution in [2.75, 3.05) is 11.5 Å². The van der Waals surface area contributed by atoms with Crippen LogP contribution in [0.25, 0.3) is 0 Å². The Balaban J connectivity index is 2.11. The van der Waals surface area contributed by atoms with Crippen molar-refractivity contribution >= 4 is 25.8 Å². The molecule has 7 heteroatoms. The lowest BCUT2D eigenvalue weighted by molar-refractivity contribution is 0.381. The molecule has 1 saturated heterocycles. The summed E-state index contributed by atoms with van der Waals surface area (Å²) in [6.07, 6.45) is 0.963. The highest BCUT2D eigenvalue weighted by molar-refractivity contribution is 9.10. The number of halogens is 2. The fourth-order valence-corrected chi connectivity index (χ4v) is 4.64. The largest absolute Gasteiger partial charge is 0.271 e. The smallest absolute Gasteiger partial charge is 0.150 e. The summed E-state index contributed by atoms with van der Waals surface area (Å²) in [5, 5.41) is 0. The standard InChI is InChI=1S/C12H16BrFN2O2S/c13-10-2-1-8(11(14)6-10)5-12(16-15)9-3-4-19(17,18)7-9/h1-2,6,9,12,16H,3-5,7,15H2. The lowest BCUT2D eigenvalue weighted by Crippen LogP contribution is -2.43. The predicted octanol–water partition coefficient (Wildman–Crippen LogP) is 1.40. The first-order valence-corrected chi connectivity index (χ1v) is 8.63. The molecular formula is C12H16BrFN2O2S. The number of nitrogens with two attached hydrogens (primary N) is 1. The summed E-state index contributed by atoms with van der Waals surface area (Å²) in [5.41, 5.74) is 3.17. The number of rotatable bonds is 4. The molecule has 0 aliphatic carbocycles. The molecule has 1 heterocycles. The van der Waals surface area contributed by atoms with Crippen molar-refractivity contribution in [2.45, 2.75) is 18.9 Å². The Morgan fingerprint density at radius 1 is 1.53 bits per heavy atom. The van der Waals surface area contributed by atoms with Gasteiger partial charge in [0, 0.05) is 10.5 Å². The van der Waals surface area contributed by atoms with Gasteiger partial charge in [-0.3, -0.25) is 11.3 Å². The topological polar surface area (TPSA) is 72.2 Å². The molecule has 106 valence electrons. The van der Waals surface area contributed by atoms with Gasteiger partial charge in [-0.1, -0.05) is 22.0 Å². The maximum atomic E-state index is 13.8. The van der Waals surface area contributed by atoms with Crippen molar-refractivity contribution in [3.05, 3.63) is 34.1 Å². The molecule has 2 unspecified atom stereocenters. The zero-order valence-electron chi connectivity index (χ0n) is 10.3. The normalized spacial score (nSPS) is 23.4. The second kappa shape index (κ2) is 5.87. The van der Waals surface area contributed by atoms with E-state index in [9.17, 15) is 12.8 Å². The number of benzene rings is 1. The molecule has 3 N–H and O–H groups in total. The lowest BCUT2D eigenvalue weighted by Gasteiger charge is -2.22. The summed E-state index contributed by atoms with van der Waals surface area (Å²) in [6.45, 7) is 0. The minimum atomic E-state index is -2.96. The van der Waals surface area contributed by atoms with E-state index in [0.29, 0.717) is 22.9 Å². The first-order valence-electron chi connectivity index (χ1n) is 6.02. The first-order chi connectivity index (χ1) is 8.91. The van der Waals surface area contributed by atoms with Gasteiger partial charge in [0.05, 0.1) is 11.5 Å². The van der Waals surface area contributed by atoms with Gasteiger partial charge in [-0.05, 0) is 36.5 Å². The van der Waals surface area contributed by atoms with Crippen LogP contribution in [0.1, 0.15) is 12.0 Å². The molecule has 0 saturated carbocycles. The van der Waals surface area contributed by atoms with Gasteiger partial charge in [0.1, 0.15) is 5.82 Å². The molecule has 4 nitrogen and oxygen atoms in total. The summed E-state index contributed by atoms with van der Waals surface area (Å²) in [6, 6.07) is 4.62. The second-order valence-electron chi connectivity index (χ2n) is 4.88. The molecule has 1 aromatic carbocycles. The highest BCUT2D eigenvalue weighted by atomic mass is 79.9. The van der Waals surface area contributed by atoms with Crippen LogP contribution in [0.5, 0.6) is 0 Å². The Kier molecular flexibility index (Phi) is 4.60. The maximum Gasteiger partial charge on any atom is 0.150 e. The van der Waals surface area contributed by atoms with E-state index in [4.69, 9.17) is 5.84 Å². The van der Waals surface area contributed by atoms with Crippen LogP contribution in [0, 0.1) is 11.7 Å². The first kappa shape index (κ1) is 14.9. The summed E-state index contributed by atoms with van der Waals surface area (Å²) < 4.78 is 37.4. The zero-order chi connectivity index (χ0) is 14.0. The molecule has 2 atom stereocenters. The van der Waals surface area contributed by atoms with Crippen LogP contribution in [0.4, 0.5) is 4.39 Å². The average molecular weight is 351 g/mol. The van der Waals surface area contributed by atoms with Gasteiger partial charge in [0.15, 0.2) is 9.84 Å².